The monoisotopic (exact) mass is 266 g/mol. The summed E-state index contributed by atoms with van der Waals surface area (Å²) in [7, 11) is 3.17. The van der Waals surface area contributed by atoms with Gasteiger partial charge in [0.1, 0.15) is 6.04 Å². The highest BCUT2D eigenvalue weighted by molar-refractivity contribution is 5.84. The standard InChI is InChI=1S/C14H22N2O3/c1-5-8-15-14(17)10(2)16-11-6-7-12(18-3)13(9-11)19-4/h6-7,9-10,16H,5,8H2,1-4H3,(H,15,17). The highest BCUT2D eigenvalue weighted by atomic mass is 16.5. The van der Waals surface area contributed by atoms with Crippen LogP contribution in [0.15, 0.2) is 18.2 Å². The molecule has 0 aliphatic rings. The van der Waals surface area contributed by atoms with E-state index in [0.717, 1.165) is 12.1 Å². The first-order chi connectivity index (χ1) is 9.12. The zero-order chi connectivity index (χ0) is 14.3. The van der Waals surface area contributed by atoms with E-state index in [2.05, 4.69) is 10.6 Å². The van der Waals surface area contributed by atoms with Crippen molar-refractivity contribution in [2.75, 3.05) is 26.1 Å². The zero-order valence-electron chi connectivity index (χ0n) is 11.9. The molecular weight excluding hydrogens is 244 g/mol. The summed E-state index contributed by atoms with van der Waals surface area (Å²) in [6.45, 7) is 4.53. The first-order valence-corrected chi connectivity index (χ1v) is 6.38. The lowest BCUT2D eigenvalue weighted by Crippen LogP contribution is -2.37. The SMILES string of the molecule is CCCNC(=O)C(C)Nc1ccc(OC)c(OC)c1. The van der Waals surface area contributed by atoms with Crippen LogP contribution in [0.1, 0.15) is 20.3 Å². The molecule has 5 heteroatoms. The number of hydrogen-bond acceptors (Lipinski definition) is 4. The number of ether oxygens (including phenoxy) is 2. The topological polar surface area (TPSA) is 59.6 Å². The number of hydrogen-bond donors (Lipinski definition) is 2. The van der Waals surface area contributed by atoms with Crippen molar-refractivity contribution in [3.63, 3.8) is 0 Å². The summed E-state index contributed by atoms with van der Waals surface area (Å²) in [5.74, 6) is 1.28. The van der Waals surface area contributed by atoms with E-state index in [9.17, 15) is 4.79 Å². The molecule has 5 nitrogen and oxygen atoms in total. The third-order valence-electron chi connectivity index (χ3n) is 2.71. The van der Waals surface area contributed by atoms with E-state index < -0.39 is 0 Å². The second-order valence-corrected chi connectivity index (χ2v) is 4.23. The molecule has 0 aliphatic heterocycles. The molecule has 0 aromatic heterocycles. The molecule has 0 saturated heterocycles. The normalized spacial score (nSPS) is 11.6. The molecule has 1 aromatic rings. The summed E-state index contributed by atoms with van der Waals surface area (Å²) in [6, 6.07) is 5.16. The molecule has 0 bridgehead atoms. The van der Waals surface area contributed by atoms with Crippen molar-refractivity contribution in [2.45, 2.75) is 26.3 Å². The van der Waals surface area contributed by atoms with Gasteiger partial charge in [-0.2, -0.15) is 0 Å². The highest BCUT2D eigenvalue weighted by Crippen LogP contribution is 2.29. The van der Waals surface area contributed by atoms with Crippen LogP contribution in [0.25, 0.3) is 0 Å². The zero-order valence-corrected chi connectivity index (χ0v) is 11.9. The molecule has 1 atom stereocenters. The fourth-order valence-corrected chi connectivity index (χ4v) is 1.64. The molecule has 1 rings (SSSR count). The number of nitrogens with one attached hydrogen (secondary N) is 2. The van der Waals surface area contributed by atoms with E-state index >= 15 is 0 Å². The molecule has 2 N–H and O–H groups in total. The van der Waals surface area contributed by atoms with Crippen molar-refractivity contribution in [1.82, 2.24) is 5.32 Å². The highest BCUT2D eigenvalue weighted by Gasteiger charge is 2.12. The number of carbonyl (C=O) groups excluding carboxylic acids is 1. The van der Waals surface area contributed by atoms with Crippen LogP contribution in [0, 0.1) is 0 Å². The van der Waals surface area contributed by atoms with E-state index in [1.54, 1.807) is 20.3 Å². The van der Waals surface area contributed by atoms with Crippen LogP contribution >= 0.6 is 0 Å². The summed E-state index contributed by atoms with van der Waals surface area (Å²) >= 11 is 0. The largest absolute Gasteiger partial charge is 0.493 e. The molecule has 0 aliphatic carbocycles. The van der Waals surface area contributed by atoms with E-state index in [4.69, 9.17) is 9.47 Å². The van der Waals surface area contributed by atoms with Gasteiger partial charge in [-0.15, -0.1) is 0 Å². The van der Waals surface area contributed by atoms with E-state index in [1.807, 2.05) is 26.0 Å². The van der Waals surface area contributed by atoms with Crippen molar-refractivity contribution in [2.24, 2.45) is 0 Å². The molecule has 1 amide bonds. The van der Waals surface area contributed by atoms with Crippen LogP contribution in [0.5, 0.6) is 11.5 Å². The van der Waals surface area contributed by atoms with Crippen LogP contribution in [0.2, 0.25) is 0 Å². The minimum absolute atomic E-state index is 0.0170. The molecule has 1 aromatic carbocycles. The molecule has 19 heavy (non-hydrogen) atoms. The van der Waals surface area contributed by atoms with Crippen LogP contribution in [-0.2, 0) is 4.79 Å². The minimum Gasteiger partial charge on any atom is -0.493 e. The summed E-state index contributed by atoms with van der Waals surface area (Å²) in [6.07, 6.45) is 0.925. The third kappa shape index (κ3) is 4.35. The maximum absolute atomic E-state index is 11.8. The van der Waals surface area contributed by atoms with Gasteiger partial charge in [0.25, 0.3) is 0 Å². The van der Waals surface area contributed by atoms with Gasteiger partial charge in [-0.3, -0.25) is 4.79 Å². The van der Waals surface area contributed by atoms with Crippen LogP contribution < -0.4 is 20.1 Å². The Balaban J connectivity index is 2.68. The maximum Gasteiger partial charge on any atom is 0.242 e. The summed E-state index contributed by atoms with van der Waals surface area (Å²) in [4.78, 5) is 11.8. The first-order valence-electron chi connectivity index (χ1n) is 6.38. The molecule has 0 heterocycles. The van der Waals surface area contributed by atoms with Gasteiger partial charge in [-0.1, -0.05) is 6.92 Å². The predicted molar refractivity (Wildman–Crippen MR) is 75.9 cm³/mol. The number of rotatable bonds is 7. The number of anilines is 1. The fourth-order valence-electron chi connectivity index (χ4n) is 1.64. The number of carbonyl (C=O) groups is 1. The van der Waals surface area contributed by atoms with E-state index in [0.29, 0.717) is 18.0 Å². The molecule has 0 saturated carbocycles. The van der Waals surface area contributed by atoms with E-state index in [1.165, 1.54) is 0 Å². The smallest absolute Gasteiger partial charge is 0.242 e. The lowest BCUT2D eigenvalue weighted by molar-refractivity contribution is -0.121. The van der Waals surface area contributed by atoms with Crippen molar-refractivity contribution in [3.8, 4) is 11.5 Å². The van der Waals surface area contributed by atoms with Gasteiger partial charge in [0.2, 0.25) is 5.91 Å². The van der Waals surface area contributed by atoms with Gasteiger partial charge in [0.05, 0.1) is 14.2 Å². The number of methoxy groups -OCH3 is 2. The summed E-state index contributed by atoms with van der Waals surface area (Å²) in [5.41, 5.74) is 0.816. The second-order valence-electron chi connectivity index (χ2n) is 4.23. The van der Waals surface area contributed by atoms with Gasteiger partial charge in [0.15, 0.2) is 11.5 Å². The third-order valence-corrected chi connectivity index (χ3v) is 2.71. The second kappa shape index (κ2) is 7.51. The van der Waals surface area contributed by atoms with Crippen LogP contribution in [-0.4, -0.2) is 32.7 Å². The lowest BCUT2D eigenvalue weighted by atomic mass is 10.2. The van der Waals surface area contributed by atoms with Gasteiger partial charge >= 0.3 is 0 Å². The Morgan fingerprint density at radius 3 is 2.53 bits per heavy atom. The quantitative estimate of drug-likeness (QED) is 0.793. The van der Waals surface area contributed by atoms with Gasteiger partial charge in [-0.25, -0.2) is 0 Å². The average Bonchev–Trinajstić information content (AvgIpc) is 2.44. The maximum atomic E-state index is 11.8. The van der Waals surface area contributed by atoms with Gasteiger partial charge in [0, 0.05) is 18.3 Å². The Labute approximate surface area is 114 Å². The number of benzene rings is 1. The van der Waals surface area contributed by atoms with Crippen molar-refractivity contribution >= 4 is 11.6 Å². The fraction of sp³-hybridized carbons (Fsp3) is 0.500. The Kier molecular flexibility index (Phi) is 5.99. The van der Waals surface area contributed by atoms with Gasteiger partial charge in [-0.05, 0) is 25.5 Å². The van der Waals surface area contributed by atoms with Crippen LogP contribution in [0.3, 0.4) is 0 Å². The summed E-state index contributed by atoms with van der Waals surface area (Å²) in [5, 5.41) is 5.98. The first kappa shape index (κ1) is 15.1. The minimum atomic E-state index is -0.301. The molecular formula is C14H22N2O3. The Hall–Kier alpha value is -1.91. The molecule has 106 valence electrons. The Morgan fingerprint density at radius 2 is 1.95 bits per heavy atom. The molecule has 1 unspecified atom stereocenters. The Morgan fingerprint density at radius 1 is 1.26 bits per heavy atom. The average molecular weight is 266 g/mol. The van der Waals surface area contributed by atoms with E-state index in [-0.39, 0.29) is 11.9 Å². The molecule has 0 radical (unpaired) electrons. The van der Waals surface area contributed by atoms with Crippen molar-refractivity contribution < 1.29 is 14.3 Å². The molecule has 0 spiro atoms. The van der Waals surface area contributed by atoms with Crippen LogP contribution in [0.4, 0.5) is 5.69 Å². The Bertz CT molecular complexity index is 421. The lowest BCUT2D eigenvalue weighted by Gasteiger charge is -2.16. The van der Waals surface area contributed by atoms with Gasteiger partial charge < -0.3 is 20.1 Å². The predicted octanol–water partition coefficient (Wildman–Crippen LogP) is 2.03. The summed E-state index contributed by atoms with van der Waals surface area (Å²) < 4.78 is 10.4. The van der Waals surface area contributed by atoms with Crippen molar-refractivity contribution in [3.05, 3.63) is 18.2 Å². The number of amides is 1. The molecule has 0 fully saturated rings. The van der Waals surface area contributed by atoms with Crippen molar-refractivity contribution in [1.29, 1.82) is 0 Å².